The highest BCUT2D eigenvalue weighted by Gasteiger charge is 2.16. The maximum absolute atomic E-state index is 12.3. The molecule has 0 aliphatic carbocycles. The fourth-order valence-electron chi connectivity index (χ4n) is 1.83. The lowest BCUT2D eigenvalue weighted by Crippen LogP contribution is -2.36. The SMILES string of the molecule is COc1ccc(C(=O)CN(CCC#N)C(C)C)cc1Br. The van der Waals surface area contributed by atoms with Crippen LogP contribution in [0, 0.1) is 11.3 Å². The smallest absolute Gasteiger partial charge is 0.176 e. The van der Waals surface area contributed by atoms with E-state index in [-0.39, 0.29) is 11.8 Å². The summed E-state index contributed by atoms with van der Waals surface area (Å²) in [7, 11) is 1.59. The maximum atomic E-state index is 12.3. The zero-order valence-electron chi connectivity index (χ0n) is 12.0. The molecule has 20 heavy (non-hydrogen) atoms. The van der Waals surface area contributed by atoms with Crippen LogP contribution in [0.2, 0.25) is 0 Å². The number of nitriles is 1. The predicted molar refractivity (Wildman–Crippen MR) is 82.0 cm³/mol. The van der Waals surface area contributed by atoms with Crippen molar-refractivity contribution in [3.8, 4) is 11.8 Å². The number of ether oxygens (including phenoxy) is 1. The Hall–Kier alpha value is -1.38. The Balaban J connectivity index is 2.78. The van der Waals surface area contributed by atoms with E-state index in [1.54, 1.807) is 25.3 Å². The zero-order valence-corrected chi connectivity index (χ0v) is 13.6. The minimum absolute atomic E-state index is 0.0417. The van der Waals surface area contributed by atoms with Crippen molar-refractivity contribution in [3.63, 3.8) is 0 Å². The molecule has 4 nitrogen and oxygen atoms in total. The molecule has 0 heterocycles. The Kier molecular flexibility index (Phi) is 6.69. The lowest BCUT2D eigenvalue weighted by Gasteiger charge is -2.24. The number of halogens is 1. The van der Waals surface area contributed by atoms with Gasteiger partial charge in [-0.1, -0.05) is 0 Å². The average Bonchev–Trinajstić information content (AvgIpc) is 2.42. The van der Waals surface area contributed by atoms with Gasteiger partial charge in [0.2, 0.25) is 0 Å². The first-order valence-electron chi connectivity index (χ1n) is 6.47. The van der Waals surface area contributed by atoms with Crippen LogP contribution in [0.25, 0.3) is 0 Å². The Morgan fingerprint density at radius 2 is 2.20 bits per heavy atom. The fraction of sp³-hybridized carbons (Fsp3) is 0.467. The highest BCUT2D eigenvalue weighted by atomic mass is 79.9. The number of carbonyl (C=O) groups excluding carboxylic acids is 1. The second-order valence-corrected chi connectivity index (χ2v) is 5.60. The molecule has 0 spiro atoms. The van der Waals surface area contributed by atoms with Crippen LogP contribution in [0.5, 0.6) is 5.75 Å². The minimum Gasteiger partial charge on any atom is -0.496 e. The molecule has 1 aromatic carbocycles. The second-order valence-electron chi connectivity index (χ2n) is 4.74. The molecule has 0 saturated carbocycles. The number of ketones is 1. The first kappa shape index (κ1) is 16.7. The molecule has 108 valence electrons. The van der Waals surface area contributed by atoms with E-state index in [9.17, 15) is 4.79 Å². The molecule has 0 aliphatic heterocycles. The molecular formula is C15H19BrN2O2. The van der Waals surface area contributed by atoms with Gasteiger partial charge in [-0.25, -0.2) is 0 Å². The van der Waals surface area contributed by atoms with E-state index in [0.717, 1.165) is 4.47 Å². The number of Topliss-reactive ketones (excluding diaryl/α,β-unsaturated/α-hetero) is 1. The summed E-state index contributed by atoms with van der Waals surface area (Å²) in [5.41, 5.74) is 0.639. The normalized spacial score (nSPS) is 10.7. The Morgan fingerprint density at radius 3 is 2.70 bits per heavy atom. The molecular weight excluding hydrogens is 320 g/mol. The summed E-state index contributed by atoms with van der Waals surface area (Å²) < 4.78 is 5.91. The van der Waals surface area contributed by atoms with E-state index in [4.69, 9.17) is 10.00 Å². The molecule has 1 rings (SSSR count). The Morgan fingerprint density at radius 1 is 1.50 bits per heavy atom. The first-order chi connectivity index (χ1) is 9.49. The molecule has 0 amide bonds. The van der Waals surface area contributed by atoms with Crippen LogP contribution in [0.15, 0.2) is 22.7 Å². The molecule has 0 bridgehead atoms. The molecule has 0 radical (unpaired) electrons. The van der Waals surface area contributed by atoms with E-state index in [2.05, 4.69) is 22.0 Å². The van der Waals surface area contributed by atoms with Crippen molar-refractivity contribution in [2.75, 3.05) is 20.2 Å². The van der Waals surface area contributed by atoms with Crippen molar-refractivity contribution in [2.45, 2.75) is 26.3 Å². The van der Waals surface area contributed by atoms with E-state index in [0.29, 0.717) is 30.8 Å². The van der Waals surface area contributed by atoms with Crippen LogP contribution in [-0.4, -0.2) is 36.9 Å². The number of hydrogen-bond donors (Lipinski definition) is 0. The van der Waals surface area contributed by atoms with Crippen molar-refractivity contribution in [1.82, 2.24) is 4.90 Å². The first-order valence-corrected chi connectivity index (χ1v) is 7.26. The zero-order chi connectivity index (χ0) is 15.1. The van der Waals surface area contributed by atoms with E-state index >= 15 is 0 Å². The quantitative estimate of drug-likeness (QED) is 0.716. The van der Waals surface area contributed by atoms with Gasteiger partial charge >= 0.3 is 0 Å². The number of benzene rings is 1. The topological polar surface area (TPSA) is 53.3 Å². The third-order valence-corrected chi connectivity index (χ3v) is 3.68. The van der Waals surface area contributed by atoms with Crippen LogP contribution in [-0.2, 0) is 0 Å². The van der Waals surface area contributed by atoms with Gasteiger partial charge in [0.25, 0.3) is 0 Å². The summed E-state index contributed by atoms with van der Waals surface area (Å²) in [6.45, 7) is 4.97. The van der Waals surface area contributed by atoms with Crippen molar-refractivity contribution in [1.29, 1.82) is 5.26 Å². The predicted octanol–water partition coefficient (Wildman–Crippen LogP) is 3.26. The van der Waals surface area contributed by atoms with Gasteiger partial charge in [0.05, 0.1) is 24.2 Å². The molecule has 0 unspecified atom stereocenters. The highest BCUT2D eigenvalue weighted by molar-refractivity contribution is 9.10. The van der Waals surface area contributed by atoms with E-state index < -0.39 is 0 Å². The summed E-state index contributed by atoms with van der Waals surface area (Å²) in [4.78, 5) is 14.3. The van der Waals surface area contributed by atoms with Crippen LogP contribution in [0.4, 0.5) is 0 Å². The third-order valence-electron chi connectivity index (χ3n) is 3.06. The summed E-state index contributed by atoms with van der Waals surface area (Å²) in [5.74, 6) is 0.742. The third kappa shape index (κ3) is 4.62. The van der Waals surface area contributed by atoms with E-state index in [1.807, 2.05) is 18.7 Å². The number of nitrogens with zero attached hydrogens (tertiary/aromatic N) is 2. The van der Waals surface area contributed by atoms with Crippen LogP contribution in [0.3, 0.4) is 0 Å². The summed E-state index contributed by atoms with van der Waals surface area (Å²) >= 11 is 3.38. The molecule has 0 atom stereocenters. The van der Waals surface area contributed by atoms with Gasteiger partial charge in [-0.05, 0) is 48.0 Å². The summed E-state index contributed by atoms with van der Waals surface area (Å²) in [5, 5.41) is 8.66. The maximum Gasteiger partial charge on any atom is 0.176 e. The highest BCUT2D eigenvalue weighted by Crippen LogP contribution is 2.25. The van der Waals surface area contributed by atoms with Gasteiger partial charge in [0.15, 0.2) is 5.78 Å². The lowest BCUT2D eigenvalue weighted by molar-refractivity contribution is 0.0908. The van der Waals surface area contributed by atoms with Crippen molar-refractivity contribution in [2.24, 2.45) is 0 Å². The minimum atomic E-state index is 0.0417. The van der Waals surface area contributed by atoms with Crippen LogP contribution >= 0.6 is 15.9 Å². The largest absolute Gasteiger partial charge is 0.496 e. The number of methoxy groups -OCH3 is 1. The van der Waals surface area contributed by atoms with Gasteiger partial charge in [-0.3, -0.25) is 9.69 Å². The number of hydrogen-bond acceptors (Lipinski definition) is 4. The molecule has 0 aromatic heterocycles. The molecule has 1 aromatic rings. The molecule has 0 fully saturated rings. The average molecular weight is 339 g/mol. The number of carbonyl (C=O) groups is 1. The van der Waals surface area contributed by atoms with Gasteiger partial charge in [-0.15, -0.1) is 0 Å². The van der Waals surface area contributed by atoms with Crippen molar-refractivity contribution in [3.05, 3.63) is 28.2 Å². The van der Waals surface area contributed by atoms with Gasteiger partial charge < -0.3 is 4.74 Å². The molecule has 0 saturated heterocycles. The standard InChI is InChI=1S/C15H19BrN2O2/c1-11(2)18(8-4-7-17)10-14(19)12-5-6-15(20-3)13(16)9-12/h5-6,9,11H,4,8,10H2,1-3H3. The van der Waals surface area contributed by atoms with Gasteiger partial charge in [0, 0.05) is 24.6 Å². The summed E-state index contributed by atoms with van der Waals surface area (Å²) in [6.07, 6.45) is 0.428. The Bertz CT molecular complexity index is 509. The van der Waals surface area contributed by atoms with Gasteiger partial charge in [0.1, 0.15) is 5.75 Å². The fourth-order valence-corrected chi connectivity index (χ4v) is 2.37. The monoisotopic (exact) mass is 338 g/mol. The van der Waals surface area contributed by atoms with Crippen molar-refractivity contribution < 1.29 is 9.53 Å². The summed E-state index contributed by atoms with van der Waals surface area (Å²) in [6, 6.07) is 7.64. The lowest BCUT2D eigenvalue weighted by atomic mass is 10.1. The van der Waals surface area contributed by atoms with Crippen LogP contribution in [0.1, 0.15) is 30.6 Å². The second kappa shape index (κ2) is 8.03. The molecule has 0 N–H and O–H groups in total. The Labute approximate surface area is 128 Å². The van der Waals surface area contributed by atoms with Crippen molar-refractivity contribution >= 4 is 21.7 Å². The van der Waals surface area contributed by atoms with Gasteiger partial charge in [-0.2, -0.15) is 5.26 Å². The molecule has 5 heteroatoms. The van der Waals surface area contributed by atoms with Crippen LogP contribution < -0.4 is 4.74 Å². The number of rotatable bonds is 7. The van der Waals surface area contributed by atoms with E-state index in [1.165, 1.54) is 0 Å². The molecule has 0 aliphatic rings.